The summed E-state index contributed by atoms with van der Waals surface area (Å²) in [5.41, 5.74) is 2.17. The van der Waals surface area contributed by atoms with Crippen molar-refractivity contribution in [1.29, 1.82) is 0 Å². The third-order valence-electron chi connectivity index (χ3n) is 3.87. The molecule has 25 heavy (non-hydrogen) atoms. The summed E-state index contributed by atoms with van der Waals surface area (Å²) in [5, 5.41) is 12.3. The Morgan fingerprint density at radius 2 is 1.72 bits per heavy atom. The first kappa shape index (κ1) is 18.6. The number of benzene rings is 2. The van der Waals surface area contributed by atoms with E-state index in [1.807, 2.05) is 18.2 Å². The highest BCUT2D eigenvalue weighted by Gasteiger charge is 2.13. The predicted molar refractivity (Wildman–Crippen MR) is 94.9 cm³/mol. The smallest absolute Gasteiger partial charge is 0.335 e. The number of hydrogen-bond donors (Lipinski definition) is 2. The fourth-order valence-corrected chi connectivity index (χ4v) is 2.58. The molecule has 0 saturated carbocycles. The van der Waals surface area contributed by atoms with Gasteiger partial charge in [0.25, 0.3) is 0 Å². The van der Waals surface area contributed by atoms with Gasteiger partial charge in [-0.2, -0.15) is 0 Å². The molecule has 0 aromatic heterocycles. The lowest BCUT2D eigenvalue weighted by Gasteiger charge is -2.15. The molecule has 0 bridgehead atoms. The Bertz CT molecular complexity index is 704. The van der Waals surface area contributed by atoms with Crippen molar-refractivity contribution >= 4 is 5.97 Å². The summed E-state index contributed by atoms with van der Waals surface area (Å²) in [6.45, 7) is 1.28. The molecule has 0 radical (unpaired) electrons. The van der Waals surface area contributed by atoms with Crippen molar-refractivity contribution in [2.75, 3.05) is 27.9 Å². The van der Waals surface area contributed by atoms with E-state index < -0.39 is 5.97 Å². The lowest BCUT2D eigenvalue weighted by atomic mass is 10.1. The summed E-state index contributed by atoms with van der Waals surface area (Å²) in [5.74, 6) is 1.18. The molecule has 2 aromatic carbocycles. The van der Waals surface area contributed by atoms with Crippen LogP contribution in [0, 0.1) is 0 Å². The second-order valence-electron chi connectivity index (χ2n) is 5.44. The molecule has 2 N–H and O–H groups in total. The van der Waals surface area contributed by atoms with Crippen LogP contribution in [0.25, 0.3) is 0 Å². The molecule has 0 unspecified atom stereocenters. The van der Waals surface area contributed by atoms with Gasteiger partial charge in [-0.05, 0) is 30.7 Å². The number of carboxylic acid groups (broad SMARTS) is 1. The van der Waals surface area contributed by atoms with Gasteiger partial charge < -0.3 is 24.6 Å². The van der Waals surface area contributed by atoms with E-state index in [0.717, 1.165) is 11.1 Å². The second-order valence-corrected chi connectivity index (χ2v) is 5.44. The Hall–Kier alpha value is -2.73. The van der Waals surface area contributed by atoms with Gasteiger partial charge in [0.15, 0.2) is 0 Å². The zero-order valence-electron chi connectivity index (χ0n) is 14.7. The minimum Gasteiger partial charge on any atom is -0.496 e. The van der Waals surface area contributed by atoms with Crippen LogP contribution >= 0.6 is 0 Å². The first-order valence-corrected chi connectivity index (χ1v) is 7.91. The van der Waals surface area contributed by atoms with E-state index in [4.69, 9.17) is 19.3 Å². The van der Waals surface area contributed by atoms with Crippen molar-refractivity contribution in [3.63, 3.8) is 0 Å². The molecule has 0 amide bonds. The molecule has 0 aliphatic carbocycles. The molecule has 0 aliphatic rings. The zero-order chi connectivity index (χ0) is 18.2. The monoisotopic (exact) mass is 345 g/mol. The standard InChI is InChI=1S/C19H23NO5/c1-23-15-10-17(24-2)16(18(11-15)25-3)7-8-20-12-13-5-4-6-14(9-13)19(21)22/h4-6,9-11,20H,7-8,12H2,1-3H3,(H,21,22). The summed E-state index contributed by atoms with van der Waals surface area (Å²) in [4.78, 5) is 11.0. The zero-order valence-corrected chi connectivity index (χ0v) is 14.7. The number of carbonyl (C=O) groups is 1. The number of nitrogens with one attached hydrogen (secondary N) is 1. The van der Waals surface area contributed by atoms with Crippen LogP contribution in [-0.4, -0.2) is 38.9 Å². The number of carboxylic acids is 1. The van der Waals surface area contributed by atoms with E-state index >= 15 is 0 Å². The van der Waals surface area contributed by atoms with Gasteiger partial charge in [0.05, 0.1) is 26.9 Å². The Morgan fingerprint density at radius 3 is 2.28 bits per heavy atom. The van der Waals surface area contributed by atoms with E-state index in [0.29, 0.717) is 36.8 Å². The van der Waals surface area contributed by atoms with Crippen LogP contribution in [0.1, 0.15) is 21.5 Å². The van der Waals surface area contributed by atoms with Gasteiger partial charge in [-0.3, -0.25) is 0 Å². The summed E-state index contributed by atoms with van der Waals surface area (Å²) in [7, 11) is 4.83. The number of methoxy groups -OCH3 is 3. The first-order chi connectivity index (χ1) is 12.1. The first-order valence-electron chi connectivity index (χ1n) is 7.91. The van der Waals surface area contributed by atoms with E-state index in [1.54, 1.807) is 39.5 Å². The molecule has 134 valence electrons. The summed E-state index contributed by atoms with van der Waals surface area (Å²) in [6, 6.07) is 10.6. The normalized spacial score (nSPS) is 10.4. The molecule has 0 aliphatic heterocycles. The van der Waals surface area contributed by atoms with Crippen LogP contribution in [0.4, 0.5) is 0 Å². The van der Waals surface area contributed by atoms with Crippen molar-refractivity contribution in [2.24, 2.45) is 0 Å². The minimum absolute atomic E-state index is 0.290. The summed E-state index contributed by atoms with van der Waals surface area (Å²) in [6.07, 6.45) is 0.703. The van der Waals surface area contributed by atoms with E-state index in [2.05, 4.69) is 5.32 Å². The highest BCUT2D eigenvalue weighted by atomic mass is 16.5. The maximum Gasteiger partial charge on any atom is 0.335 e. The Labute approximate surface area is 147 Å². The van der Waals surface area contributed by atoms with E-state index in [-0.39, 0.29) is 5.56 Å². The fourth-order valence-electron chi connectivity index (χ4n) is 2.58. The van der Waals surface area contributed by atoms with Gasteiger partial charge in [0, 0.05) is 24.2 Å². The van der Waals surface area contributed by atoms with Gasteiger partial charge >= 0.3 is 5.97 Å². The lowest BCUT2D eigenvalue weighted by molar-refractivity contribution is 0.0696. The molecule has 0 heterocycles. The number of hydrogen-bond acceptors (Lipinski definition) is 5. The summed E-state index contributed by atoms with van der Waals surface area (Å²) < 4.78 is 16.1. The van der Waals surface area contributed by atoms with Gasteiger partial charge in [-0.1, -0.05) is 12.1 Å². The van der Waals surface area contributed by atoms with Crippen molar-refractivity contribution in [1.82, 2.24) is 5.32 Å². The quantitative estimate of drug-likeness (QED) is 0.681. The van der Waals surface area contributed by atoms with Crippen molar-refractivity contribution in [3.05, 3.63) is 53.1 Å². The highest BCUT2D eigenvalue weighted by Crippen LogP contribution is 2.34. The summed E-state index contributed by atoms with van der Waals surface area (Å²) >= 11 is 0. The number of rotatable bonds is 9. The van der Waals surface area contributed by atoms with E-state index in [9.17, 15) is 4.79 Å². The second kappa shape index (κ2) is 8.94. The maximum atomic E-state index is 11.0. The third-order valence-corrected chi connectivity index (χ3v) is 3.87. The molecular weight excluding hydrogens is 322 g/mol. The van der Waals surface area contributed by atoms with Gasteiger partial charge in [-0.25, -0.2) is 4.79 Å². The van der Waals surface area contributed by atoms with Gasteiger partial charge in [0.2, 0.25) is 0 Å². The maximum absolute atomic E-state index is 11.0. The van der Waals surface area contributed by atoms with Crippen LogP contribution in [0.15, 0.2) is 36.4 Å². The molecule has 0 spiro atoms. The Morgan fingerprint density at radius 1 is 1.04 bits per heavy atom. The van der Waals surface area contributed by atoms with Crippen LogP contribution in [0.5, 0.6) is 17.2 Å². The van der Waals surface area contributed by atoms with Crippen LogP contribution < -0.4 is 19.5 Å². The topological polar surface area (TPSA) is 77.0 Å². The van der Waals surface area contributed by atoms with Crippen molar-refractivity contribution in [2.45, 2.75) is 13.0 Å². The van der Waals surface area contributed by atoms with Crippen LogP contribution in [-0.2, 0) is 13.0 Å². The molecule has 2 aromatic rings. The number of ether oxygens (including phenoxy) is 3. The highest BCUT2D eigenvalue weighted by molar-refractivity contribution is 5.87. The van der Waals surface area contributed by atoms with Gasteiger partial charge in [-0.15, -0.1) is 0 Å². The molecule has 0 atom stereocenters. The largest absolute Gasteiger partial charge is 0.496 e. The number of aromatic carboxylic acids is 1. The third kappa shape index (κ3) is 4.87. The van der Waals surface area contributed by atoms with E-state index in [1.165, 1.54) is 0 Å². The van der Waals surface area contributed by atoms with Crippen molar-refractivity contribution < 1.29 is 24.1 Å². The molecule has 6 nitrogen and oxygen atoms in total. The van der Waals surface area contributed by atoms with Crippen molar-refractivity contribution in [3.8, 4) is 17.2 Å². The Kier molecular flexibility index (Phi) is 6.65. The molecule has 0 fully saturated rings. The van der Waals surface area contributed by atoms with Crippen LogP contribution in [0.3, 0.4) is 0 Å². The SMILES string of the molecule is COc1cc(OC)c(CCNCc2cccc(C(=O)O)c2)c(OC)c1. The average molecular weight is 345 g/mol. The molecular formula is C19H23NO5. The average Bonchev–Trinajstić information content (AvgIpc) is 2.64. The predicted octanol–water partition coefficient (Wildman–Crippen LogP) is 2.74. The lowest BCUT2D eigenvalue weighted by Crippen LogP contribution is -2.17. The van der Waals surface area contributed by atoms with Gasteiger partial charge in [0.1, 0.15) is 17.2 Å². The fraction of sp³-hybridized carbons (Fsp3) is 0.316. The van der Waals surface area contributed by atoms with Crippen LogP contribution in [0.2, 0.25) is 0 Å². The minimum atomic E-state index is -0.922. The molecule has 0 saturated heterocycles. The molecule has 6 heteroatoms. The Balaban J connectivity index is 2.00. The molecule has 2 rings (SSSR count).